The van der Waals surface area contributed by atoms with Crippen LogP contribution in [-0.2, 0) is 32.9 Å². The number of anilines is 1. The van der Waals surface area contributed by atoms with Crippen LogP contribution in [0, 0.1) is 23.1 Å². The average molecular weight is 350 g/mol. The Bertz CT molecular complexity index is 659. The van der Waals surface area contributed by atoms with E-state index in [1.165, 1.54) is 6.07 Å². The van der Waals surface area contributed by atoms with Crippen molar-refractivity contribution in [3.8, 4) is 0 Å². The first-order valence-corrected chi connectivity index (χ1v) is 7.11. The number of rotatable bonds is 5. The second kappa shape index (κ2) is 8.37. The smallest absolute Gasteiger partial charge is 0.219 e. The molecule has 2 aromatic rings. The summed E-state index contributed by atoms with van der Waals surface area (Å²) >= 11 is 0. The van der Waals surface area contributed by atoms with E-state index < -0.39 is 17.0 Å². The van der Waals surface area contributed by atoms with Crippen molar-refractivity contribution in [3.63, 3.8) is 0 Å². The van der Waals surface area contributed by atoms with Crippen molar-refractivity contribution in [1.29, 1.82) is 0 Å². The van der Waals surface area contributed by atoms with Crippen molar-refractivity contribution < 1.29 is 35.3 Å². The molecule has 0 saturated heterocycles. The molecule has 0 fully saturated rings. The van der Waals surface area contributed by atoms with Crippen molar-refractivity contribution in [2.75, 3.05) is 5.32 Å². The molecule has 0 bridgehead atoms. The summed E-state index contributed by atoms with van der Waals surface area (Å²) in [6.45, 7) is 3.60. The fraction of sp³-hybridized carbons (Fsp3) is 0.278. The van der Waals surface area contributed by atoms with E-state index in [0.29, 0.717) is 6.42 Å². The minimum atomic E-state index is -0.896. The predicted molar refractivity (Wildman–Crippen MR) is 82.4 cm³/mol. The van der Waals surface area contributed by atoms with Gasteiger partial charge in [-0.2, -0.15) is 0 Å². The molecule has 2 rings (SSSR count). The van der Waals surface area contributed by atoms with Crippen LogP contribution >= 0.6 is 0 Å². The van der Waals surface area contributed by atoms with Crippen molar-refractivity contribution in [2.24, 2.45) is 5.41 Å². The Morgan fingerprint density at radius 2 is 1.78 bits per heavy atom. The number of nitrogens with one attached hydrogen (secondary N) is 1. The molecule has 0 unspecified atom stereocenters. The molecule has 1 N–H and O–H groups in total. The van der Waals surface area contributed by atoms with Crippen LogP contribution in [0.4, 0.5) is 14.5 Å². The van der Waals surface area contributed by atoms with Crippen LogP contribution in [0.25, 0.3) is 0 Å². The van der Waals surface area contributed by atoms with Crippen molar-refractivity contribution >= 4 is 11.6 Å². The SMILES string of the molecule is CC(C)(CCc1ccccc1)C(=O)Nc1ccc(F)[c-]c1F.[Ti]. The van der Waals surface area contributed by atoms with Gasteiger partial charge < -0.3 is 5.32 Å². The third kappa shape index (κ3) is 5.56. The first-order valence-electron chi connectivity index (χ1n) is 7.11. The first kappa shape index (κ1) is 19.5. The van der Waals surface area contributed by atoms with Crippen molar-refractivity contribution in [3.05, 3.63) is 65.7 Å². The molecule has 2 aromatic carbocycles. The summed E-state index contributed by atoms with van der Waals surface area (Å²) in [7, 11) is 0. The second-order valence-electron chi connectivity index (χ2n) is 5.86. The van der Waals surface area contributed by atoms with Gasteiger partial charge in [-0.15, -0.1) is 18.2 Å². The second-order valence-corrected chi connectivity index (χ2v) is 5.86. The number of hydrogen-bond donors (Lipinski definition) is 1. The van der Waals surface area contributed by atoms with Gasteiger partial charge in [-0.1, -0.05) is 44.2 Å². The Labute approximate surface area is 150 Å². The first-order chi connectivity index (χ1) is 10.4. The molecule has 0 spiro atoms. The van der Waals surface area contributed by atoms with Crippen LogP contribution in [0.2, 0.25) is 0 Å². The normalized spacial score (nSPS) is 10.8. The van der Waals surface area contributed by atoms with Crippen molar-refractivity contribution in [1.82, 2.24) is 0 Å². The van der Waals surface area contributed by atoms with E-state index in [2.05, 4.69) is 5.32 Å². The Kier molecular flexibility index (Phi) is 7.11. The van der Waals surface area contributed by atoms with Gasteiger partial charge in [-0.3, -0.25) is 4.79 Å². The number of hydrogen-bond acceptors (Lipinski definition) is 1. The number of amides is 1. The van der Waals surface area contributed by atoms with Gasteiger partial charge in [-0.05, 0) is 24.1 Å². The van der Waals surface area contributed by atoms with Crippen LogP contribution in [-0.4, -0.2) is 5.91 Å². The standard InChI is InChI=1S/C18H18F2NO.Ti/c1-18(2,11-10-13-6-4-3-5-7-13)17(22)21-16-9-8-14(19)12-15(16)20;/h3-9H,10-11H2,1-2H3,(H,21,22);/q-1;. The van der Waals surface area contributed by atoms with E-state index in [1.807, 2.05) is 36.4 Å². The Morgan fingerprint density at radius 1 is 1.13 bits per heavy atom. The Hall–Kier alpha value is -1.52. The molecule has 1 amide bonds. The van der Waals surface area contributed by atoms with Crippen molar-refractivity contribution in [2.45, 2.75) is 26.7 Å². The van der Waals surface area contributed by atoms with Crippen LogP contribution in [0.3, 0.4) is 0 Å². The molecule has 0 atom stereocenters. The Balaban J connectivity index is 0.00000264. The van der Waals surface area contributed by atoms with Gasteiger partial charge in [0.15, 0.2) is 0 Å². The molecular weight excluding hydrogens is 332 g/mol. The van der Waals surface area contributed by atoms with E-state index >= 15 is 0 Å². The van der Waals surface area contributed by atoms with Gasteiger partial charge in [0.1, 0.15) is 0 Å². The number of carbonyl (C=O) groups is 1. The predicted octanol–water partition coefficient (Wildman–Crippen LogP) is 4.36. The summed E-state index contributed by atoms with van der Waals surface area (Å²) in [6.07, 6.45) is 1.37. The minimum absolute atomic E-state index is 0. The molecule has 0 aliphatic rings. The third-order valence-electron chi connectivity index (χ3n) is 3.61. The molecule has 0 radical (unpaired) electrons. The number of halogens is 2. The molecule has 0 saturated carbocycles. The molecular formula is C18H18F2NOTi-. The quantitative estimate of drug-likeness (QED) is 0.630. The third-order valence-corrected chi connectivity index (χ3v) is 3.61. The molecule has 0 aromatic heterocycles. The monoisotopic (exact) mass is 350 g/mol. The summed E-state index contributed by atoms with van der Waals surface area (Å²) in [5, 5.41) is 2.50. The Morgan fingerprint density at radius 3 is 2.39 bits per heavy atom. The summed E-state index contributed by atoms with van der Waals surface area (Å²) in [5.74, 6) is -1.99. The molecule has 5 heteroatoms. The molecule has 2 nitrogen and oxygen atoms in total. The molecule has 0 heterocycles. The summed E-state index contributed by atoms with van der Waals surface area (Å²) in [6, 6.07) is 14.0. The van der Waals surface area contributed by atoms with Gasteiger partial charge in [0.05, 0.1) is 0 Å². The van der Waals surface area contributed by atoms with Crippen LogP contribution in [0.1, 0.15) is 25.8 Å². The number of aryl methyl sites for hydroxylation is 1. The summed E-state index contributed by atoms with van der Waals surface area (Å²) in [4.78, 5) is 12.3. The summed E-state index contributed by atoms with van der Waals surface area (Å²) in [5.41, 5.74) is 0.417. The van der Waals surface area contributed by atoms with Crippen LogP contribution < -0.4 is 5.32 Å². The van der Waals surface area contributed by atoms with Crippen LogP contribution in [0.15, 0.2) is 42.5 Å². The number of benzene rings is 2. The molecule has 0 aliphatic carbocycles. The van der Waals surface area contributed by atoms with E-state index in [-0.39, 0.29) is 33.3 Å². The van der Waals surface area contributed by atoms with E-state index in [4.69, 9.17) is 0 Å². The maximum absolute atomic E-state index is 13.5. The summed E-state index contributed by atoms with van der Waals surface area (Å²) < 4.78 is 26.4. The maximum Gasteiger partial charge on any atom is 0.219 e. The van der Waals surface area contributed by atoms with Gasteiger partial charge in [0.25, 0.3) is 0 Å². The van der Waals surface area contributed by atoms with Gasteiger partial charge in [-0.25, -0.2) is 8.78 Å². The zero-order chi connectivity index (χ0) is 16.2. The van der Waals surface area contributed by atoms with Gasteiger partial charge >= 0.3 is 0 Å². The average Bonchev–Trinajstić information content (AvgIpc) is 2.49. The van der Waals surface area contributed by atoms with Gasteiger partial charge in [0, 0.05) is 38.8 Å². The van der Waals surface area contributed by atoms with Gasteiger partial charge in [0.2, 0.25) is 5.91 Å². The van der Waals surface area contributed by atoms with Crippen LogP contribution in [0.5, 0.6) is 0 Å². The molecule has 23 heavy (non-hydrogen) atoms. The van der Waals surface area contributed by atoms with E-state index in [1.54, 1.807) is 13.8 Å². The fourth-order valence-corrected chi connectivity index (χ4v) is 2.05. The maximum atomic E-state index is 13.5. The topological polar surface area (TPSA) is 29.1 Å². The largest absolute Gasteiger partial charge is 0.376 e. The molecule has 120 valence electrons. The number of carbonyl (C=O) groups excluding carboxylic acids is 1. The minimum Gasteiger partial charge on any atom is -0.376 e. The van der Waals surface area contributed by atoms with E-state index in [0.717, 1.165) is 18.1 Å². The fourth-order valence-electron chi connectivity index (χ4n) is 2.05. The zero-order valence-electron chi connectivity index (χ0n) is 13.1. The molecule has 0 aliphatic heterocycles. The zero-order valence-corrected chi connectivity index (χ0v) is 14.7. The van der Waals surface area contributed by atoms with E-state index in [9.17, 15) is 13.6 Å².